The highest BCUT2D eigenvalue weighted by Crippen LogP contribution is 2.08. The number of carbonyl (C=O) groups excluding carboxylic acids is 2. The first-order valence-corrected chi connectivity index (χ1v) is 7.98. The van der Waals surface area contributed by atoms with Gasteiger partial charge in [0.1, 0.15) is 0 Å². The Labute approximate surface area is 142 Å². The van der Waals surface area contributed by atoms with Gasteiger partial charge in [-0.25, -0.2) is 4.79 Å². The zero-order valence-corrected chi connectivity index (χ0v) is 14.0. The molecule has 0 atom stereocenters. The Balaban J connectivity index is 1.87. The summed E-state index contributed by atoms with van der Waals surface area (Å²) >= 11 is 0. The number of rotatable bonds is 6. The van der Waals surface area contributed by atoms with E-state index in [1.165, 1.54) is 0 Å². The van der Waals surface area contributed by atoms with E-state index in [0.29, 0.717) is 12.2 Å². The number of urea groups is 1. The number of benzene rings is 2. The second-order valence-electron chi connectivity index (χ2n) is 5.85. The topological polar surface area (TPSA) is 61.4 Å². The lowest BCUT2D eigenvalue weighted by Crippen LogP contribution is -2.43. The molecule has 0 fully saturated rings. The first kappa shape index (κ1) is 17.7. The number of imide groups is 1. The minimum Gasteiger partial charge on any atom is -0.308 e. The van der Waals surface area contributed by atoms with Crippen LogP contribution in [0.25, 0.3) is 0 Å². The Bertz CT molecular complexity index is 657. The Morgan fingerprint density at radius 3 is 2.12 bits per heavy atom. The van der Waals surface area contributed by atoms with Crippen LogP contribution in [0.15, 0.2) is 60.7 Å². The van der Waals surface area contributed by atoms with E-state index in [-0.39, 0.29) is 18.5 Å². The molecule has 0 saturated heterocycles. The lowest BCUT2D eigenvalue weighted by Gasteiger charge is -2.25. The molecular weight excluding hydrogens is 302 g/mol. The lowest BCUT2D eigenvalue weighted by atomic mass is 10.2. The van der Waals surface area contributed by atoms with Gasteiger partial charge in [0.05, 0.1) is 6.54 Å². The number of nitrogens with one attached hydrogen (secondary N) is 2. The summed E-state index contributed by atoms with van der Waals surface area (Å²) in [5.74, 6) is -0.326. The third-order valence-electron chi connectivity index (χ3n) is 3.59. The summed E-state index contributed by atoms with van der Waals surface area (Å²) in [6.07, 6.45) is 0. The average molecular weight is 325 g/mol. The Morgan fingerprint density at radius 1 is 0.958 bits per heavy atom. The van der Waals surface area contributed by atoms with Crippen LogP contribution in [0.2, 0.25) is 0 Å². The Morgan fingerprint density at radius 2 is 1.54 bits per heavy atom. The summed E-state index contributed by atoms with van der Waals surface area (Å²) in [5, 5.41) is 5.00. The highest BCUT2D eigenvalue weighted by Gasteiger charge is 2.16. The molecule has 24 heavy (non-hydrogen) atoms. The van der Waals surface area contributed by atoms with E-state index in [1.807, 2.05) is 67.3 Å². The average Bonchev–Trinajstić information content (AvgIpc) is 2.55. The zero-order valence-electron chi connectivity index (χ0n) is 14.0. The standard InChI is InChI=1S/C19H23N3O2/c1-15(2)22(13-16-9-5-3-6-10-16)14-18(23)21-19(24)20-17-11-7-4-8-12-17/h3-12,15H,13-14H2,1-2H3,(H2,20,21,23,24). The molecule has 5 nitrogen and oxygen atoms in total. The maximum absolute atomic E-state index is 12.1. The van der Waals surface area contributed by atoms with Crippen molar-refractivity contribution in [1.82, 2.24) is 10.2 Å². The van der Waals surface area contributed by atoms with Crippen LogP contribution in [0.4, 0.5) is 10.5 Å². The van der Waals surface area contributed by atoms with Crippen LogP contribution in [0.1, 0.15) is 19.4 Å². The van der Waals surface area contributed by atoms with Crippen molar-refractivity contribution in [1.29, 1.82) is 0 Å². The van der Waals surface area contributed by atoms with E-state index in [4.69, 9.17) is 0 Å². The van der Waals surface area contributed by atoms with Crippen LogP contribution < -0.4 is 10.6 Å². The molecule has 2 aromatic carbocycles. The molecule has 3 amide bonds. The minimum absolute atomic E-state index is 0.161. The summed E-state index contributed by atoms with van der Waals surface area (Å²) in [7, 11) is 0. The van der Waals surface area contributed by atoms with Crippen LogP contribution in [-0.2, 0) is 11.3 Å². The van der Waals surface area contributed by atoms with Crippen molar-refractivity contribution in [2.45, 2.75) is 26.4 Å². The maximum Gasteiger partial charge on any atom is 0.325 e. The SMILES string of the molecule is CC(C)N(CC(=O)NC(=O)Nc1ccccc1)Cc1ccccc1. The number of anilines is 1. The summed E-state index contributed by atoms with van der Waals surface area (Å²) in [6, 6.07) is 18.6. The monoisotopic (exact) mass is 325 g/mol. The molecule has 0 unspecified atom stereocenters. The largest absolute Gasteiger partial charge is 0.325 e. The van der Waals surface area contributed by atoms with Gasteiger partial charge in [0, 0.05) is 18.3 Å². The van der Waals surface area contributed by atoms with Gasteiger partial charge in [0.25, 0.3) is 0 Å². The van der Waals surface area contributed by atoms with E-state index < -0.39 is 6.03 Å². The molecule has 0 radical (unpaired) electrons. The van der Waals surface area contributed by atoms with Crippen LogP contribution >= 0.6 is 0 Å². The molecule has 0 aromatic heterocycles. The van der Waals surface area contributed by atoms with Crippen LogP contribution in [0, 0.1) is 0 Å². The highest BCUT2D eigenvalue weighted by molar-refractivity contribution is 6.01. The third kappa shape index (κ3) is 5.85. The van der Waals surface area contributed by atoms with Gasteiger partial charge in [0.2, 0.25) is 5.91 Å². The normalized spacial score (nSPS) is 10.7. The van der Waals surface area contributed by atoms with Crippen LogP contribution in [0.3, 0.4) is 0 Å². The van der Waals surface area contributed by atoms with Crippen molar-refractivity contribution in [2.75, 3.05) is 11.9 Å². The number of para-hydroxylation sites is 1. The molecule has 0 spiro atoms. The minimum atomic E-state index is -0.519. The molecule has 2 aromatic rings. The van der Waals surface area contributed by atoms with Crippen molar-refractivity contribution in [3.8, 4) is 0 Å². The number of carbonyl (C=O) groups is 2. The summed E-state index contributed by atoms with van der Waals surface area (Å²) in [5.41, 5.74) is 1.78. The Kier molecular flexibility index (Phi) is 6.51. The van der Waals surface area contributed by atoms with Gasteiger partial charge in [-0.1, -0.05) is 48.5 Å². The molecule has 126 valence electrons. The molecule has 0 aliphatic heterocycles. The van der Waals surface area contributed by atoms with Crippen molar-refractivity contribution in [3.05, 3.63) is 66.2 Å². The number of amides is 3. The molecule has 0 aliphatic rings. The first-order valence-electron chi connectivity index (χ1n) is 7.98. The van der Waals surface area contributed by atoms with E-state index in [2.05, 4.69) is 10.6 Å². The highest BCUT2D eigenvalue weighted by atomic mass is 16.2. The fourth-order valence-electron chi connectivity index (χ4n) is 2.27. The predicted octanol–water partition coefficient (Wildman–Crippen LogP) is 3.25. The lowest BCUT2D eigenvalue weighted by molar-refractivity contribution is -0.121. The van der Waals surface area contributed by atoms with Gasteiger partial charge in [-0.3, -0.25) is 15.0 Å². The summed E-state index contributed by atoms with van der Waals surface area (Å²) in [4.78, 5) is 26.0. The molecule has 2 rings (SSSR count). The fourth-order valence-corrected chi connectivity index (χ4v) is 2.27. The van der Waals surface area contributed by atoms with Gasteiger partial charge >= 0.3 is 6.03 Å². The van der Waals surface area contributed by atoms with E-state index >= 15 is 0 Å². The van der Waals surface area contributed by atoms with E-state index in [1.54, 1.807) is 12.1 Å². The molecule has 0 aliphatic carbocycles. The van der Waals surface area contributed by atoms with Crippen molar-refractivity contribution < 1.29 is 9.59 Å². The third-order valence-corrected chi connectivity index (χ3v) is 3.59. The molecular formula is C19H23N3O2. The van der Waals surface area contributed by atoms with Crippen molar-refractivity contribution in [3.63, 3.8) is 0 Å². The summed E-state index contributed by atoms with van der Waals surface area (Å²) < 4.78 is 0. The second-order valence-corrected chi connectivity index (χ2v) is 5.85. The molecule has 5 heteroatoms. The predicted molar refractivity (Wildman–Crippen MR) is 95.6 cm³/mol. The molecule has 0 bridgehead atoms. The maximum atomic E-state index is 12.1. The second kappa shape index (κ2) is 8.84. The van der Waals surface area contributed by atoms with Gasteiger partial charge in [-0.05, 0) is 31.5 Å². The van der Waals surface area contributed by atoms with Crippen molar-refractivity contribution in [2.24, 2.45) is 0 Å². The van der Waals surface area contributed by atoms with Gasteiger partial charge in [0.15, 0.2) is 0 Å². The molecule has 0 heterocycles. The number of hydrogen-bond acceptors (Lipinski definition) is 3. The van der Waals surface area contributed by atoms with Gasteiger partial charge < -0.3 is 5.32 Å². The first-order chi connectivity index (χ1) is 11.5. The van der Waals surface area contributed by atoms with Gasteiger partial charge in [-0.15, -0.1) is 0 Å². The zero-order chi connectivity index (χ0) is 17.4. The van der Waals surface area contributed by atoms with Gasteiger partial charge in [-0.2, -0.15) is 0 Å². The smallest absolute Gasteiger partial charge is 0.308 e. The quantitative estimate of drug-likeness (QED) is 0.857. The number of hydrogen-bond donors (Lipinski definition) is 2. The van der Waals surface area contributed by atoms with Crippen molar-refractivity contribution >= 4 is 17.6 Å². The summed E-state index contributed by atoms with van der Waals surface area (Å²) in [6.45, 7) is 4.88. The molecule has 2 N–H and O–H groups in total. The van der Waals surface area contributed by atoms with E-state index in [0.717, 1.165) is 5.56 Å². The van der Waals surface area contributed by atoms with E-state index in [9.17, 15) is 9.59 Å². The molecule has 0 saturated carbocycles. The van der Waals surface area contributed by atoms with Crippen LogP contribution in [0.5, 0.6) is 0 Å². The van der Waals surface area contributed by atoms with Crippen LogP contribution in [-0.4, -0.2) is 29.4 Å². The fraction of sp³-hybridized carbons (Fsp3) is 0.263. The Hall–Kier alpha value is -2.66. The number of nitrogens with zero attached hydrogens (tertiary/aromatic N) is 1.